The predicted octanol–water partition coefficient (Wildman–Crippen LogP) is 3.15. The predicted molar refractivity (Wildman–Crippen MR) is 73.6 cm³/mol. The number of carbonyl (C=O) groups is 1. The van der Waals surface area contributed by atoms with Crippen LogP contribution in [0.15, 0.2) is 16.6 Å². The van der Waals surface area contributed by atoms with Crippen LogP contribution in [-0.4, -0.2) is 10.8 Å². The molecule has 0 spiro atoms. The summed E-state index contributed by atoms with van der Waals surface area (Å²) in [4.78, 5) is 22.2. The van der Waals surface area contributed by atoms with E-state index in [9.17, 15) is 14.9 Å². The number of anilines is 1. The van der Waals surface area contributed by atoms with Crippen molar-refractivity contribution in [1.29, 1.82) is 5.26 Å². The van der Waals surface area contributed by atoms with Crippen molar-refractivity contribution in [3.8, 4) is 6.07 Å². The van der Waals surface area contributed by atoms with E-state index in [2.05, 4.69) is 21.2 Å². The van der Waals surface area contributed by atoms with Gasteiger partial charge in [-0.15, -0.1) is 0 Å². The first-order valence-corrected chi connectivity index (χ1v) is 6.15. The molecule has 0 saturated heterocycles. The van der Waals surface area contributed by atoms with E-state index < -0.39 is 16.2 Å². The van der Waals surface area contributed by atoms with Crippen molar-refractivity contribution in [2.24, 2.45) is 5.41 Å². The van der Waals surface area contributed by atoms with E-state index in [-0.39, 0.29) is 11.4 Å². The van der Waals surface area contributed by atoms with Crippen LogP contribution in [0, 0.1) is 33.8 Å². The summed E-state index contributed by atoms with van der Waals surface area (Å²) in [6, 6.07) is 4.69. The molecule has 0 unspecified atom stereocenters. The van der Waals surface area contributed by atoms with E-state index in [0.717, 1.165) is 0 Å². The van der Waals surface area contributed by atoms with Crippen molar-refractivity contribution < 1.29 is 9.72 Å². The monoisotopic (exact) mass is 325 g/mol. The molecule has 0 bridgehead atoms. The average molecular weight is 326 g/mol. The highest BCUT2D eigenvalue weighted by Crippen LogP contribution is 2.31. The SMILES string of the molecule is Cc1cc(Br)c(NC(=O)C(C)(C)C#N)cc1[N+](=O)[O-]. The molecule has 7 heteroatoms. The van der Waals surface area contributed by atoms with E-state index in [1.165, 1.54) is 19.9 Å². The summed E-state index contributed by atoms with van der Waals surface area (Å²) in [6.07, 6.45) is 0. The number of nitro groups is 1. The number of halogens is 1. The van der Waals surface area contributed by atoms with Gasteiger partial charge in [0.25, 0.3) is 5.69 Å². The normalized spacial score (nSPS) is 10.7. The maximum Gasteiger partial charge on any atom is 0.274 e. The van der Waals surface area contributed by atoms with Crippen LogP contribution in [0.25, 0.3) is 0 Å². The van der Waals surface area contributed by atoms with Crippen molar-refractivity contribution in [3.63, 3.8) is 0 Å². The molecule has 0 atom stereocenters. The fraction of sp³-hybridized carbons (Fsp3) is 0.333. The van der Waals surface area contributed by atoms with Crippen LogP contribution >= 0.6 is 15.9 Å². The minimum Gasteiger partial charge on any atom is -0.323 e. The Bertz CT molecular complexity index is 591. The van der Waals surface area contributed by atoms with E-state index >= 15 is 0 Å². The molecule has 6 nitrogen and oxygen atoms in total. The van der Waals surface area contributed by atoms with Crippen LogP contribution in [-0.2, 0) is 4.79 Å². The number of nitrogens with zero attached hydrogens (tertiary/aromatic N) is 2. The van der Waals surface area contributed by atoms with Gasteiger partial charge in [0.15, 0.2) is 0 Å². The number of carbonyl (C=O) groups excluding carboxylic acids is 1. The molecule has 1 rings (SSSR count). The quantitative estimate of drug-likeness (QED) is 0.681. The third kappa shape index (κ3) is 3.29. The Morgan fingerprint density at radius 1 is 1.53 bits per heavy atom. The highest BCUT2D eigenvalue weighted by Gasteiger charge is 2.28. The Morgan fingerprint density at radius 2 is 2.11 bits per heavy atom. The second-order valence-corrected chi connectivity index (χ2v) is 5.42. The van der Waals surface area contributed by atoms with Crippen LogP contribution in [0.2, 0.25) is 0 Å². The summed E-state index contributed by atoms with van der Waals surface area (Å²) in [5.74, 6) is -0.520. The first kappa shape index (κ1) is 15.1. The molecule has 0 aliphatic carbocycles. The summed E-state index contributed by atoms with van der Waals surface area (Å²) < 4.78 is 0.526. The van der Waals surface area contributed by atoms with Gasteiger partial charge < -0.3 is 5.32 Å². The van der Waals surface area contributed by atoms with Gasteiger partial charge in [-0.05, 0) is 42.8 Å². The van der Waals surface area contributed by atoms with Crippen molar-refractivity contribution in [3.05, 3.63) is 32.3 Å². The maximum absolute atomic E-state index is 11.9. The van der Waals surface area contributed by atoms with E-state index in [4.69, 9.17) is 5.26 Å². The van der Waals surface area contributed by atoms with Crippen molar-refractivity contribution in [2.75, 3.05) is 5.32 Å². The molecule has 100 valence electrons. The number of nitro benzene ring substituents is 1. The van der Waals surface area contributed by atoms with Gasteiger partial charge in [0.05, 0.1) is 16.7 Å². The lowest BCUT2D eigenvalue weighted by atomic mass is 9.94. The number of aryl methyl sites for hydroxylation is 1. The van der Waals surface area contributed by atoms with Gasteiger partial charge in [-0.3, -0.25) is 14.9 Å². The molecule has 0 aromatic heterocycles. The van der Waals surface area contributed by atoms with Crippen LogP contribution in [0.1, 0.15) is 19.4 Å². The molecule has 0 aliphatic heterocycles. The third-order valence-corrected chi connectivity index (χ3v) is 3.23. The Hall–Kier alpha value is -1.94. The summed E-state index contributed by atoms with van der Waals surface area (Å²) in [6.45, 7) is 4.55. The zero-order chi connectivity index (χ0) is 14.8. The summed E-state index contributed by atoms with van der Waals surface area (Å²) >= 11 is 3.23. The Labute approximate surface area is 118 Å². The lowest BCUT2D eigenvalue weighted by molar-refractivity contribution is -0.385. The van der Waals surface area contributed by atoms with Gasteiger partial charge in [0, 0.05) is 16.1 Å². The summed E-state index contributed by atoms with van der Waals surface area (Å²) in [7, 11) is 0. The molecule has 0 fully saturated rings. The number of nitrogens with one attached hydrogen (secondary N) is 1. The Morgan fingerprint density at radius 3 is 2.58 bits per heavy atom. The second-order valence-electron chi connectivity index (χ2n) is 4.57. The molecule has 1 aromatic rings. The largest absolute Gasteiger partial charge is 0.323 e. The number of hydrogen-bond acceptors (Lipinski definition) is 4. The second kappa shape index (κ2) is 5.36. The van der Waals surface area contributed by atoms with Gasteiger partial charge in [-0.25, -0.2) is 0 Å². The topological polar surface area (TPSA) is 96.0 Å². The molecule has 0 saturated carbocycles. The number of hydrogen-bond donors (Lipinski definition) is 1. The van der Waals surface area contributed by atoms with E-state index in [1.54, 1.807) is 13.0 Å². The summed E-state index contributed by atoms with van der Waals surface area (Å²) in [5.41, 5.74) is -0.549. The highest BCUT2D eigenvalue weighted by atomic mass is 79.9. The van der Waals surface area contributed by atoms with Gasteiger partial charge >= 0.3 is 0 Å². The number of nitriles is 1. The first-order valence-electron chi connectivity index (χ1n) is 5.36. The van der Waals surface area contributed by atoms with E-state index in [0.29, 0.717) is 10.0 Å². The van der Waals surface area contributed by atoms with Crippen LogP contribution in [0.3, 0.4) is 0 Å². The smallest absolute Gasteiger partial charge is 0.274 e. The van der Waals surface area contributed by atoms with Crippen LogP contribution in [0.5, 0.6) is 0 Å². The lowest BCUT2D eigenvalue weighted by Crippen LogP contribution is -2.29. The first-order chi connectivity index (χ1) is 8.69. The Kier molecular flexibility index (Phi) is 4.27. The van der Waals surface area contributed by atoms with E-state index in [1.807, 2.05) is 6.07 Å². The number of rotatable bonds is 3. The molecule has 1 amide bonds. The minimum absolute atomic E-state index is 0.0896. The maximum atomic E-state index is 11.9. The third-order valence-electron chi connectivity index (χ3n) is 2.58. The highest BCUT2D eigenvalue weighted by molar-refractivity contribution is 9.10. The van der Waals surface area contributed by atoms with Gasteiger partial charge in [0.2, 0.25) is 5.91 Å². The molecular formula is C12H12BrN3O3. The molecule has 0 radical (unpaired) electrons. The van der Waals surface area contributed by atoms with Crippen molar-refractivity contribution in [2.45, 2.75) is 20.8 Å². The van der Waals surface area contributed by atoms with Crippen LogP contribution < -0.4 is 5.32 Å². The molecule has 0 aliphatic rings. The summed E-state index contributed by atoms with van der Waals surface area (Å²) in [5, 5.41) is 22.2. The number of benzene rings is 1. The molecule has 1 aromatic carbocycles. The molecular weight excluding hydrogens is 314 g/mol. The fourth-order valence-corrected chi connectivity index (χ4v) is 1.84. The van der Waals surface area contributed by atoms with Crippen LogP contribution in [0.4, 0.5) is 11.4 Å². The lowest BCUT2D eigenvalue weighted by Gasteiger charge is -2.16. The molecule has 19 heavy (non-hydrogen) atoms. The fourth-order valence-electron chi connectivity index (χ4n) is 1.28. The van der Waals surface area contributed by atoms with Crippen molar-refractivity contribution >= 4 is 33.2 Å². The standard InChI is InChI=1S/C12H12BrN3O3/c1-7-4-8(13)9(5-10(7)16(18)19)15-11(17)12(2,3)6-14/h4-5H,1-3H3,(H,15,17). The van der Waals surface area contributed by atoms with Crippen molar-refractivity contribution in [1.82, 2.24) is 0 Å². The van der Waals surface area contributed by atoms with Gasteiger partial charge in [-0.2, -0.15) is 5.26 Å². The Balaban J connectivity index is 3.16. The minimum atomic E-state index is -1.21. The van der Waals surface area contributed by atoms with Gasteiger partial charge in [-0.1, -0.05) is 0 Å². The molecule has 1 N–H and O–H groups in total. The zero-order valence-corrected chi connectivity index (χ0v) is 12.2. The average Bonchev–Trinajstić information content (AvgIpc) is 2.31. The number of amides is 1. The van der Waals surface area contributed by atoms with Gasteiger partial charge in [0.1, 0.15) is 5.41 Å². The zero-order valence-electron chi connectivity index (χ0n) is 10.7. The molecule has 0 heterocycles.